The van der Waals surface area contributed by atoms with Gasteiger partial charge in [-0.3, -0.25) is 9.32 Å². The molecule has 0 radical (unpaired) electrons. The molecular weight excluding hydrogens is 617 g/mol. The number of nitrogens with zero attached hydrogens (tertiary/aromatic N) is 3. The second kappa shape index (κ2) is 15.3. The van der Waals surface area contributed by atoms with Crippen LogP contribution in [-0.2, 0) is 30.0 Å². The van der Waals surface area contributed by atoms with Crippen LogP contribution in [0.4, 0.5) is 5.82 Å². The Labute approximate surface area is 275 Å². The minimum Gasteiger partial charge on any atom is -0.462 e. The number of ether oxygens (including phenoxy) is 2. The lowest BCUT2D eigenvalue weighted by atomic mass is 10.1. The van der Waals surface area contributed by atoms with Crippen molar-refractivity contribution in [2.24, 2.45) is 0 Å². The summed E-state index contributed by atoms with van der Waals surface area (Å²) in [6, 6.07) is 20.0. The molecule has 2 heterocycles. The van der Waals surface area contributed by atoms with Crippen LogP contribution < -0.4 is 15.3 Å². The van der Waals surface area contributed by atoms with Crippen LogP contribution in [0.25, 0.3) is 32.7 Å². The van der Waals surface area contributed by atoms with Gasteiger partial charge in [0.2, 0.25) is 0 Å². The van der Waals surface area contributed by atoms with Gasteiger partial charge in [0, 0.05) is 18.0 Å². The molecule has 11 nitrogen and oxygen atoms in total. The molecule has 0 aliphatic carbocycles. The Kier molecular flexibility index (Phi) is 11.1. The summed E-state index contributed by atoms with van der Waals surface area (Å²) in [5.41, 5.74) is 8.68. The summed E-state index contributed by atoms with van der Waals surface area (Å²) < 4.78 is 39.8. The molecule has 5 aromatic rings. The van der Waals surface area contributed by atoms with Crippen molar-refractivity contribution in [1.82, 2.24) is 19.6 Å². The molecule has 47 heavy (non-hydrogen) atoms. The standard InChI is InChI=1S/C35H44N5O6P/c1-6-12-27(40-31(22-43-7-2)38-32-33(40)29-15-10-11-16-30(29)37-34(32)36)19-20-44-47(42,39-24(5)35(41)45-23(3)4)46-28-18-17-25-13-8-9-14-26(25)21-28/h8-11,13-18,21,23-24,27H,6-7,12,19-20,22H2,1-5H3,(H2,36,37)(H,39,42)/t24-,27+,47?/m0/s1. The molecule has 1 unspecified atom stereocenters. The summed E-state index contributed by atoms with van der Waals surface area (Å²) in [6.45, 7) is 10.0. The van der Waals surface area contributed by atoms with Crippen LogP contribution in [-0.4, -0.2) is 45.9 Å². The molecule has 12 heteroatoms. The zero-order valence-corrected chi connectivity index (χ0v) is 28.5. The number of carbonyl (C=O) groups excluding carboxylic acids is 1. The molecule has 0 aliphatic heterocycles. The van der Waals surface area contributed by atoms with Gasteiger partial charge in [-0.05, 0) is 69.5 Å². The van der Waals surface area contributed by atoms with Crippen molar-refractivity contribution in [3.05, 3.63) is 72.6 Å². The van der Waals surface area contributed by atoms with Gasteiger partial charge in [0.1, 0.15) is 29.7 Å². The highest BCUT2D eigenvalue weighted by atomic mass is 31.2. The highest BCUT2D eigenvalue weighted by Crippen LogP contribution is 2.46. The van der Waals surface area contributed by atoms with Gasteiger partial charge in [-0.2, -0.15) is 5.09 Å². The van der Waals surface area contributed by atoms with Crippen LogP contribution in [0.5, 0.6) is 5.75 Å². The van der Waals surface area contributed by atoms with Crippen LogP contribution in [0.2, 0.25) is 0 Å². The van der Waals surface area contributed by atoms with E-state index in [1.807, 2.05) is 61.5 Å². The molecule has 0 aliphatic rings. The Morgan fingerprint density at radius 1 is 0.979 bits per heavy atom. The summed E-state index contributed by atoms with van der Waals surface area (Å²) in [5.74, 6) is 0.867. The number of hydrogen-bond acceptors (Lipinski definition) is 9. The number of carbonyl (C=O) groups is 1. The highest BCUT2D eigenvalue weighted by Gasteiger charge is 2.33. The number of nitrogens with two attached hydrogens (primary N) is 1. The van der Waals surface area contributed by atoms with Gasteiger partial charge < -0.3 is 24.3 Å². The van der Waals surface area contributed by atoms with Gasteiger partial charge in [0.15, 0.2) is 5.82 Å². The monoisotopic (exact) mass is 661 g/mol. The first kappa shape index (κ1) is 34.3. The fraction of sp³-hybridized carbons (Fsp3) is 0.400. The maximum atomic E-state index is 14.4. The summed E-state index contributed by atoms with van der Waals surface area (Å²) in [6.07, 6.45) is 1.79. The number of fused-ring (bicyclic) bond motifs is 4. The third kappa shape index (κ3) is 8.11. The number of hydrogen-bond donors (Lipinski definition) is 2. The van der Waals surface area contributed by atoms with E-state index in [4.69, 9.17) is 29.2 Å². The van der Waals surface area contributed by atoms with Gasteiger partial charge in [-0.15, -0.1) is 0 Å². The quantitative estimate of drug-likeness (QED) is 0.0798. The van der Waals surface area contributed by atoms with E-state index in [9.17, 15) is 9.36 Å². The number of nitrogens with one attached hydrogen (secondary N) is 1. The van der Waals surface area contributed by atoms with Crippen LogP contribution in [0.15, 0.2) is 66.7 Å². The number of nitrogen functional groups attached to an aromatic ring is 1. The fourth-order valence-electron chi connectivity index (χ4n) is 5.68. The van der Waals surface area contributed by atoms with E-state index in [1.54, 1.807) is 32.9 Å². The van der Waals surface area contributed by atoms with Crippen LogP contribution in [0.3, 0.4) is 0 Å². The van der Waals surface area contributed by atoms with Crippen molar-refractivity contribution in [2.45, 2.75) is 78.7 Å². The van der Waals surface area contributed by atoms with E-state index in [-0.39, 0.29) is 18.8 Å². The zero-order chi connectivity index (χ0) is 33.6. The Hall–Kier alpha value is -4.02. The molecule has 5 rings (SSSR count). The summed E-state index contributed by atoms with van der Waals surface area (Å²) >= 11 is 0. The van der Waals surface area contributed by atoms with Gasteiger partial charge in [0.25, 0.3) is 0 Å². The minimum absolute atomic E-state index is 0.0563. The molecule has 0 amide bonds. The Morgan fingerprint density at radius 3 is 2.47 bits per heavy atom. The molecule has 0 saturated heterocycles. The first-order valence-electron chi connectivity index (χ1n) is 16.2. The maximum absolute atomic E-state index is 14.4. The number of rotatable bonds is 16. The lowest BCUT2D eigenvalue weighted by Gasteiger charge is -2.26. The van der Waals surface area contributed by atoms with Gasteiger partial charge in [-0.1, -0.05) is 61.9 Å². The van der Waals surface area contributed by atoms with Crippen molar-refractivity contribution < 1.29 is 27.9 Å². The van der Waals surface area contributed by atoms with Crippen molar-refractivity contribution in [3.63, 3.8) is 0 Å². The topological polar surface area (TPSA) is 140 Å². The Bertz CT molecular complexity index is 1890. The fourth-order valence-corrected chi connectivity index (χ4v) is 7.18. The van der Waals surface area contributed by atoms with E-state index < -0.39 is 19.8 Å². The molecule has 3 aromatic carbocycles. The predicted molar refractivity (Wildman–Crippen MR) is 185 cm³/mol. The average molecular weight is 662 g/mol. The largest absolute Gasteiger partial charge is 0.462 e. The smallest absolute Gasteiger partial charge is 0.459 e. The van der Waals surface area contributed by atoms with Crippen LogP contribution in [0, 0.1) is 0 Å². The Morgan fingerprint density at radius 2 is 1.72 bits per heavy atom. The van der Waals surface area contributed by atoms with E-state index in [0.717, 1.165) is 45.9 Å². The first-order valence-corrected chi connectivity index (χ1v) is 17.7. The van der Waals surface area contributed by atoms with E-state index in [2.05, 4.69) is 21.6 Å². The first-order chi connectivity index (χ1) is 22.6. The normalized spacial score (nSPS) is 14.4. The predicted octanol–water partition coefficient (Wildman–Crippen LogP) is 7.72. The molecular formula is C35H44N5O6P. The molecule has 3 atom stereocenters. The second-order valence-electron chi connectivity index (χ2n) is 11.7. The third-order valence-corrected chi connectivity index (χ3v) is 9.44. The molecule has 0 fully saturated rings. The van der Waals surface area contributed by atoms with Crippen molar-refractivity contribution >= 4 is 52.2 Å². The van der Waals surface area contributed by atoms with E-state index in [0.29, 0.717) is 36.7 Å². The van der Waals surface area contributed by atoms with E-state index >= 15 is 0 Å². The molecule has 2 aromatic heterocycles. The summed E-state index contributed by atoms with van der Waals surface area (Å²) in [7, 11) is -4.08. The van der Waals surface area contributed by atoms with Crippen molar-refractivity contribution in [1.29, 1.82) is 0 Å². The van der Waals surface area contributed by atoms with Crippen LogP contribution >= 0.6 is 7.75 Å². The molecule has 0 saturated carbocycles. The third-order valence-electron chi connectivity index (χ3n) is 7.77. The number of benzene rings is 3. The summed E-state index contributed by atoms with van der Waals surface area (Å²) in [5, 5.41) is 5.67. The lowest BCUT2D eigenvalue weighted by molar-refractivity contribution is -0.149. The van der Waals surface area contributed by atoms with Crippen molar-refractivity contribution in [3.8, 4) is 5.75 Å². The maximum Gasteiger partial charge on any atom is 0.459 e. The number of para-hydroxylation sites is 1. The molecule has 0 spiro atoms. The number of aromatic nitrogens is 3. The Balaban J connectivity index is 1.46. The van der Waals surface area contributed by atoms with Crippen molar-refractivity contribution in [2.75, 3.05) is 18.9 Å². The van der Waals surface area contributed by atoms with Crippen LogP contribution in [0.1, 0.15) is 65.7 Å². The average Bonchev–Trinajstić information content (AvgIpc) is 3.43. The number of imidazole rings is 1. The highest BCUT2D eigenvalue weighted by molar-refractivity contribution is 7.52. The SMILES string of the molecule is CCC[C@H](CCOP(=O)(N[C@@H](C)C(=O)OC(C)C)Oc1ccc2ccccc2c1)n1c(COCC)nc2c(N)nc3ccccc3c21. The summed E-state index contributed by atoms with van der Waals surface area (Å²) in [4.78, 5) is 22.2. The number of pyridine rings is 1. The minimum atomic E-state index is -4.08. The second-order valence-corrected chi connectivity index (χ2v) is 13.4. The number of anilines is 1. The van der Waals surface area contributed by atoms with Gasteiger partial charge in [-0.25, -0.2) is 14.5 Å². The van der Waals surface area contributed by atoms with Gasteiger partial charge in [0.05, 0.1) is 23.7 Å². The molecule has 250 valence electrons. The van der Waals surface area contributed by atoms with E-state index in [1.165, 1.54) is 0 Å². The number of esters is 1. The molecule has 0 bridgehead atoms. The van der Waals surface area contributed by atoms with Gasteiger partial charge >= 0.3 is 13.7 Å². The lowest BCUT2D eigenvalue weighted by Crippen LogP contribution is -2.36. The molecule has 3 N–H and O–H groups in total. The zero-order valence-electron chi connectivity index (χ0n) is 27.6.